The number of aryl methyl sites for hydroxylation is 1. The molecule has 0 aliphatic carbocycles. The first-order valence-electron chi connectivity index (χ1n) is 10.9. The Hall–Kier alpha value is -2.99. The van der Waals surface area contributed by atoms with E-state index < -0.39 is 0 Å². The molecule has 2 heterocycles. The molecule has 0 radical (unpaired) electrons. The fourth-order valence-electron chi connectivity index (χ4n) is 4.17. The van der Waals surface area contributed by atoms with Gasteiger partial charge >= 0.3 is 0 Å². The molecule has 6 heteroatoms. The van der Waals surface area contributed by atoms with E-state index in [4.69, 9.17) is 14.2 Å². The molecule has 1 aliphatic heterocycles. The number of benzene rings is 2. The standard InChI is InChI=1S/C26H29NO4S/c1-4-18-7-9-20(10-8-18)31-17-23-22-16-25(30-3)24(29-2)14-19(22)11-12-27(23)26(28)15-21-6-5-13-32-21/h5-10,13-14,16,23H,4,11-12,15,17H2,1-3H3/t23-/m0/s1. The average Bonchev–Trinajstić information content (AvgIpc) is 3.34. The molecule has 168 valence electrons. The maximum absolute atomic E-state index is 13.3. The van der Waals surface area contributed by atoms with Crippen LogP contribution in [0.1, 0.15) is 34.5 Å². The van der Waals surface area contributed by atoms with Gasteiger partial charge < -0.3 is 19.1 Å². The number of methoxy groups -OCH3 is 2. The van der Waals surface area contributed by atoms with Crippen LogP contribution in [0.25, 0.3) is 0 Å². The summed E-state index contributed by atoms with van der Waals surface area (Å²) in [7, 11) is 3.28. The zero-order valence-electron chi connectivity index (χ0n) is 18.8. The maximum atomic E-state index is 13.3. The number of fused-ring (bicyclic) bond motifs is 1. The number of carbonyl (C=O) groups is 1. The topological polar surface area (TPSA) is 48.0 Å². The van der Waals surface area contributed by atoms with Crippen molar-refractivity contribution >= 4 is 17.2 Å². The summed E-state index contributed by atoms with van der Waals surface area (Å²) in [5.74, 6) is 2.29. The predicted octanol–water partition coefficient (Wildman–Crippen LogP) is 5.08. The highest BCUT2D eigenvalue weighted by atomic mass is 32.1. The Bertz CT molecular complexity index is 1050. The highest BCUT2D eigenvalue weighted by Crippen LogP contribution is 2.38. The van der Waals surface area contributed by atoms with E-state index in [0.717, 1.165) is 34.6 Å². The van der Waals surface area contributed by atoms with Crippen molar-refractivity contribution in [3.05, 3.63) is 75.5 Å². The molecule has 0 spiro atoms. The second-order valence-electron chi connectivity index (χ2n) is 7.82. The molecule has 2 aromatic carbocycles. The van der Waals surface area contributed by atoms with E-state index >= 15 is 0 Å². The molecule has 0 unspecified atom stereocenters. The normalized spacial score (nSPS) is 15.2. The summed E-state index contributed by atoms with van der Waals surface area (Å²) < 4.78 is 17.2. The van der Waals surface area contributed by atoms with Crippen LogP contribution >= 0.6 is 11.3 Å². The van der Waals surface area contributed by atoms with E-state index in [0.29, 0.717) is 31.1 Å². The summed E-state index contributed by atoms with van der Waals surface area (Å²) in [6, 6.07) is 16.0. The molecule has 1 aromatic heterocycles. The van der Waals surface area contributed by atoms with Crippen LogP contribution < -0.4 is 14.2 Å². The zero-order valence-corrected chi connectivity index (χ0v) is 19.6. The molecule has 32 heavy (non-hydrogen) atoms. The fraction of sp³-hybridized carbons (Fsp3) is 0.346. The monoisotopic (exact) mass is 451 g/mol. The quantitative estimate of drug-likeness (QED) is 0.479. The van der Waals surface area contributed by atoms with Gasteiger partial charge in [-0.25, -0.2) is 0 Å². The molecule has 1 atom stereocenters. The Kier molecular flexibility index (Phi) is 7.00. The van der Waals surface area contributed by atoms with Gasteiger partial charge in [-0.2, -0.15) is 0 Å². The van der Waals surface area contributed by atoms with E-state index in [9.17, 15) is 4.79 Å². The van der Waals surface area contributed by atoms with E-state index in [1.807, 2.05) is 46.7 Å². The lowest BCUT2D eigenvalue weighted by molar-refractivity contribution is -0.134. The molecule has 0 N–H and O–H groups in total. The van der Waals surface area contributed by atoms with E-state index in [2.05, 4.69) is 19.1 Å². The predicted molar refractivity (Wildman–Crippen MR) is 127 cm³/mol. The number of thiophene rings is 1. The van der Waals surface area contributed by atoms with Crippen LogP contribution in [0.15, 0.2) is 53.9 Å². The van der Waals surface area contributed by atoms with Gasteiger partial charge in [0.2, 0.25) is 5.91 Å². The van der Waals surface area contributed by atoms with Gasteiger partial charge in [0, 0.05) is 11.4 Å². The minimum Gasteiger partial charge on any atom is -0.493 e. The van der Waals surface area contributed by atoms with E-state index in [-0.39, 0.29) is 11.9 Å². The van der Waals surface area contributed by atoms with Gasteiger partial charge in [0.05, 0.1) is 26.7 Å². The highest BCUT2D eigenvalue weighted by molar-refractivity contribution is 7.10. The summed E-state index contributed by atoms with van der Waals surface area (Å²) in [6.07, 6.45) is 2.17. The number of rotatable bonds is 8. The third kappa shape index (κ3) is 4.75. The van der Waals surface area contributed by atoms with Crippen molar-refractivity contribution in [2.45, 2.75) is 32.2 Å². The third-order valence-electron chi connectivity index (χ3n) is 5.97. The van der Waals surface area contributed by atoms with Gasteiger partial charge in [0.1, 0.15) is 12.4 Å². The SMILES string of the molecule is CCc1ccc(OC[C@H]2c3cc(OC)c(OC)cc3CCN2C(=O)Cc2cccs2)cc1. The van der Waals surface area contributed by atoms with Crippen molar-refractivity contribution in [2.24, 2.45) is 0 Å². The van der Waals surface area contributed by atoms with Crippen LogP contribution in [0.5, 0.6) is 17.2 Å². The van der Waals surface area contributed by atoms with Crippen LogP contribution in [-0.2, 0) is 24.1 Å². The Balaban J connectivity index is 1.63. The van der Waals surface area contributed by atoms with Crippen LogP contribution in [0.2, 0.25) is 0 Å². The van der Waals surface area contributed by atoms with Crippen LogP contribution in [0.4, 0.5) is 0 Å². The second kappa shape index (κ2) is 10.1. The number of ether oxygens (including phenoxy) is 3. The lowest BCUT2D eigenvalue weighted by Gasteiger charge is -2.37. The van der Waals surface area contributed by atoms with E-state index in [1.54, 1.807) is 25.6 Å². The van der Waals surface area contributed by atoms with Crippen LogP contribution in [0.3, 0.4) is 0 Å². The Morgan fingerprint density at radius 2 is 1.84 bits per heavy atom. The largest absolute Gasteiger partial charge is 0.493 e. The van der Waals surface area contributed by atoms with Crippen molar-refractivity contribution in [3.63, 3.8) is 0 Å². The smallest absolute Gasteiger partial charge is 0.228 e. The van der Waals surface area contributed by atoms with Crippen molar-refractivity contribution in [1.29, 1.82) is 0 Å². The first-order valence-corrected chi connectivity index (χ1v) is 11.8. The average molecular weight is 452 g/mol. The Labute approximate surface area is 193 Å². The summed E-state index contributed by atoms with van der Waals surface area (Å²) in [4.78, 5) is 16.3. The highest BCUT2D eigenvalue weighted by Gasteiger charge is 2.33. The molecule has 5 nitrogen and oxygen atoms in total. The van der Waals surface area contributed by atoms with Gasteiger partial charge in [0.15, 0.2) is 11.5 Å². The minimum atomic E-state index is -0.197. The fourth-order valence-corrected chi connectivity index (χ4v) is 4.86. The number of nitrogens with zero attached hydrogens (tertiary/aromatic N) is 1. The Morgan fingerprint density at radius 1 is 1.09 bits per heavy atom. The summed E-state index contributed by atoms with van der Waals surface area (Å²) in [6.45, 7) is 3.16. The number of amides is 1. The number of hydrogen-bond donors (Lipinski definition) is 0. The maximum Gasteiger partial charge on any atom is 0.228 e. The third-order valence-corrected chi connectivity index (χ3v) is 6.84. The van der Waals surface area contributed by atoms with E-state index in [1.165, 1.54) is 5.56 Å². The van der Waals surface area contributed by atoms with Crippen molar-refractivity contribution in [2.75, 3.05) is 27.4 Å². The molecule has 4 rings (SSSR count). The molecule has 0 saturated carbocycles. The summed E-state index contributed by atoms with van der Waals surface area (Å²) >= 11 is 1.61. The molecular weight excluding hydrogens is 422 g/mol. The number of carbonyl (C=O) groups excluding carboxylic acids is 1. The van der Waals surface area contributed by atoms with Crippen molar-refractivity contribution in [3.8, 4) is 17.2 Å². The molecule has 0 saturated heterocycles. The van der Waals surface area contributed by atoms with Crippen LogP contribution in [0, 0.1) is 0 Å². The van der Waals surface area contributed by atoms with Crippen molar-refractivity contribution < 1.29 is 19.0 Å². The minimum absolute atomic E-state index is 0.114. The zero-order chi connectivity index (χ0) is 22.5. The molecule has 3 aromatic rings. The van der Waals surface area contributed by atoms with Gasteiger partial charge in [0.25, 0.3) is 0 Å². The van der Waals surface area contributed by atoms with Gasteiger partial charge in [-0.05, 0) is 65.2 Å². The Morgan fingerprint density at radius 3 is 2.50 bits per heavy atom. The van der Waals surface area contributed by atoms with Crippen LogP contribution in [-0.4, -0.2) is 38.2 Å². The lowest BCUT2D eigenvalue weighted by atomic mass is 9.91. The second-order valence-corrected chi connectivity index (χ2v) is 8.86. The van der Waals surface area contributed by atoms with Gasteiger partial charge in [-0.1, -0.05) is 25.1 Å². The molecule has 1 aliphatic rings. The van der Waals surface area contributed by atoms with Crippen molar-refractivity contribution in [1.82, 2.24) is 4.90 Å². The molecule has 0 bridgehead atoms. The first-order chi connectivity index (χ1) is 15.6. The van der Waals surface area contributed by atoms with Gasteiger partial charge in [-0.3, -0.25) is 4.79 Å². The summed E-state index contributed by atoms with van der Waals surface area (Å²) in [5, 5.41) is 2.01. The first kappa shape index (κ1) is 22.2. The number of hydrogen-bond acceptors (Lipinski definition) is 5. The molecular formula is C26H29NO4S. The van der Waals surface area contributed by atoms with Gasteiger partial charge in [-0.15, -0.1) is 11.3 Å². The lowest BCUT2D eigenvalue weighted by Crippen LogP contribution is -2.43. The molecule has 1 amide bonds. The molecule has 0 fully saturated rings. The summed E-state index contributed by atoms with van der Waals surface area (Å²) in [5.41, 5.74) is 3.49.